The van der Waals surface area contributed by atoms with Gasteiger partial charge in [-0.2, -0.15) is 0 Å². The fourth-order valence-corrected chi connectivity index (χ4v) is 3.36. The first kappa shape index (κ1) is 36.5. The molecule has 1 rings (SSSR count). The van der Waals surface area contributed by atoms with Crippen LogP contribution in [0.5, 0.6) is 11.5 Å². The maximum absolute atomic E-state index is 12.4. The van der Waals surface area contributed by atoms with Crippen LogP contribution in [0.4, 0.5) is 14.4 Å². The lowest BCUT2D eigenvalue weighted by Crippen LogP contribution is -2.52. The summed E-state index contributed by atoms with van der Waals surface area (Å²) in [6.07, 6.45) is -2.23. The van der Waals surface area contributed by atoms with Crippen LogP contribution in [-0.2, 0) is 30.2 Å². The van der Waals surface area contributed by atoms with E-state index in [1.54, 1.807) is 13.8 Å². The van der Waals surface area contributed by atoms with Crippen molar-refractivity contribution in [3.8, 4) is 11.5 Å². The lowest BCUT2D eigenvalue weighted by Gasteiger charge is -2.29. The van der Waals surface area contributed by atoms with Gasteiger partial charge in [-0.15, -0.1) is 0 Å². The van der Waals surface area contributed by atoms with E-state index in [0.29, 0.717) is 12.0 Å². The maximum Gasteiger partial charge on any atom is 0.513 e. The molecule has 0 amide bonds. The number of hydrogen-bond donors (Lipinski definition) is 2. The Labute approximate surface area is 248 Å². The first-order valence-corrected chi connectivity index (χ1v) is 14.3. The van der Waals surface area contributed by atoms with Crippen molar-refractivity contribution in [1.82, 2.24) is 0 Å². The fraction of sp³-hybridized carbons (Fsp3) is 0.667. The number of carbonyl (C=O) groups excluding carboxylic acids is 3. The van der Waals surface area contributed by atoms with E-state index in [-0.39, 0.29) is 49.4 Å². The van der Waals surface area contributed by atoms with Crippen molar-refractivity contribution in [2.24, 2.45) is 17.6 Å². The van der Waals surface area contributed by atoms with E-state index >= 15 is 0 Å². The zero-order valence-corrected chi connectivity index (χ0v) is 26.0. The van der Waals surface area contributed by atoms with Crippen molar-refractivity contribution in [1.29, 1.82) is 0 Å². The number of aliphatic carboxylic acids is 1. The molecule has 0 bridgehead atoms. The molecule has 3 N–H and O–H groups in total. The quantitative estimate of drug-likeness (QED) is 0.125. The average Bonchev–Trinajstić information content (AvgIpc) is 2.90. The summed E-state index contributed by atoms with van der Waals surface area (Å²) in [5, 5.41) is 9.97. The predicted octanol–water partition coefficient (Wildman–Crippen LogP) is 6.25. The van der Waals surface area contributed by atoms with Crippen LogP contribution in [0.25, 0.3) is 0 Å². The lowest BCUT2D eigenvalue weighted by atomic mass is 9.86. The summed E-state index contributed by atoms with van der Waals surface area (Å²) in [5.41, 5.74) is 3.99. The summed E-state index contributed by atoms with van der Waals surface area (Å²) in [6, 6.07) is 4.14. The fourth-order valence-electron chi connectivity index (χ4n) is 3.36. The Hall–Kier alpha value is -3.54. The third-order valence-electron chi connectivity index (χ3n) is 6.87. The van der Waals surface area contributed by atoms with Crippen LogP contribution in [-0.4, -0.2) is 60.0 Å². The van der Waals surface area contributed by atoms with Gasteiger partial charge in [-0.25, -0.2) is 14.4 Å². The Morgan fingerprint density at radius 2 is 1.38 bits per heavy atom. The van der Waals surface area contributed by atoms with Gasteiger partial charge in [-0.1, -0.05) is 53.5 Å². The summed E-state index contributed by atoms with van der Waals surface area (Å²) in [6.45, 7) is 14.8. The van der Waals surface area contributed by atoms with Gasteiger partial charge in [-0.05, 0) is 56.7 Å². The minimum absolute atomic E-state index is 0.0955. The van der Waals surface area contributed by atoms with Gasteiger partial charge in [-0.3, -0.25) is 4.79 Å². The van der Waals surface area contributed by atoms with Crippen molar-refractivity contribution >= 4 is 24.4 Å². The second-order valence-electron chi connectivity index (χ2n) is 11.4. The Bertz CT molecular complexity index is 1060. The maximum atomic E-state index is 12.4. The number of rotatable bonds is 16. The highest BCUT2D eigenvalue weighted by atomic mass is 16.7. The van der Waals surface area contributed by atoms with Crippen LogP contribution < -0.4 is 15.2 Å². The van der Waals surface area contributed by atoms with E-state index in [4.69, 9.17) is 34.2 Å². The number of carboxylic acids is 1. The SMILES string of the molecule is CCC(C)COC(=O)Oc1ccc(CC(N)(C[C@H](C)OC(=O)OC(C)(C)CC)C(=O)O)cc1OC(=O)OCC(C)CC. The van der Waals surface area contributed by atoms with Crippen LogP contribution in [0.1, 0.15) is 86.6 Å². The number of carbonyl (C=O) groups is 4. The van der Waals surface area contributed by atoms with Crippen LogP contribution in [0.15, 0.2) is 18.2 Å². The molecule has 0 heterocycles. The van der Waals surface area contributed by atoms with Crippen LogP contribution in [0.3, 0.4) is 0 Å². The van der Waals surface area contributed by atoms with Crippen LogP contribution in [0, 0.1) is 11.8 Å². The van der Waals surface area contributed by atoms with Gasteiger partial charge >= 0.3 is 24.4 Å². The third-order valence-corrected chi connectivity index (χ3v) is 6.87. The van der Waals surface area contributed by atoms with E-state index in [1.165, 1.54) is 25.1 Å². The van der Waals surface area contributed by atoms with E-state index < -0.39 is 41.7 Å². The van der Waals surface area contributed by atoms with E-state index in [9.17, 15) is 24.3 Å². The highest BCUT2D eigenvalue weighted by Gasteiger charge is 2.38. The molecule has 0 spiro atoms. The number of carboxylic acid groups (broad SMARTS) is 1. The topological polar surface area (TPSA) is 170 Å². The molecule has 42 heavy (non-hydrogen) atoms. The second kappa shape index (κ2) is 16.8. The molecule has 12 heteroatoms. The number of ether oxygens (including phenoxy) is 6. The molecular weight excluding hydrogens is 550 g/mol. The normalized spacial score (nSPS) is 14.9. The van der Waals surface area contributed by atoms with Crippen molar-refractivity contribution < 1.29 is 52.7 Å². The number of nitrogens with two attached hydrogens (primary N) is 1. The highest BCUT2D eigenvalue weighted by molar-refractivity contribution is 5.79. The summed E-state index contributed by atoms with van der Waals surface area (Å²) in [5.74, 6) is -1.46. The van der Waals surface area contributed by atoms with Gasteiger partial charge in [0.1, 0.15) is 17.2 Å². The first-order valence-electron chi connectivity index (χ1n) is 14.3. The molecule has 0 aliphatic carbocycles. The molecular formula is C30H47NO11. The van der Waals surface area contributed by atoms with Gasteiger partial charge in [0, 0.05) is 12.8 Å². The van der Waals surface area contributed by atoms with Crippen molar-refractivity contribution in [2.75, 3.05) is 13.2 Å². The van der Waals surface area contributed by atoms with Crippen LogP contribution in [0.2, 0.25) is 0 Å². The Morgan fingerprint density at radius 1 is 0.857 bits per heavy atom. The summed E-state index contributed by atoms with van der Waals surface area (Å²) < 4.78 is 31.4. The first-order chi connectivity index (χ1) is 19.5. The van der Waals surface area contributed by atoms with Gasteiger partial charge in [0.05, 0.1) is 13.2 Å². The second-order valence-corrected chi connectivity index (χ2v) is 11.4. The molecule has 4 atom stereocenters. The lowest BCUT2D eigenvalue weighted by molar-refractivity contribution is -0.145. The Kier molecular flexibility index (Phi) is 14.6. The Balaban J connectivity index is 3.16. The predicted molar refractivity (Wildman–Crippen MR) is 154 cm³/mol. The smallest absolute Gasteiger partial charge is 0.480 e. The minimum Gasteiger partial charge on any atom is -0.480 e. The molecule has 12 nitrogen and oxygen atoms in total. The summed E-state index contributed by atoms with van der Waals surface area (Å²) >= 11 is 0. The number of hydrogen-bond acceptors (Lipinski definition) is 11. The molecule has 0 radical (unpaired) electrons. The van der Waals surface area contributed by atoms with Crippen LogP contribution >= 0.6 is 0 Å². The van der Waals surface area contributed by atoms with E-state index in [1.807, 2.05) is 34.6 Å². The molecule has 0 saturated heterocycles. The van der Waals surface area contributed by atoms with Crippen molar-refractivity contribution in [3.63, 3.8) is 0 Å². The van der Waals surface area contributed by atoms with Gasteiger partial charge in [0.15, 0.2) is 11.5 Å². The standard InChI is InChI=1S/C30H47NO11/c1-9-19(4)17-37-26(34)40-23-13-12-22(14-24(23)41-27(35)38-18-20(5)10-2)16-30(31,25(32)33)15-21(6)39-28(36)42-29(7,8)11-3/h12-14,19-21H,9-11,15-18,31H2,1-8H3,(H,32,33)/t19?,20?,21-,30?/m0/s1. The van der Waals surface area contributed by atoms with Crippen molar-refractivity contribution in [3.05, 3.63) is 23.8 Å². The van der Waals surface area contributed by atoms with Gasteiger partial charge < -0.3 is 39.3 Å². The van der Waals surface area contributed by atoms with Gasteiger partial charge in [0.2, 0.25) is 0 Å². The summed E-state index contributed by atoms with van der Waals surface area (Å²) in [7, 11) is 0. The molecule has 0 aliphatic rings. The average molecular weight is 598 g/mol. The Morgan fingerprint density at radius 3 is 1.86 bits per heavy atom. The van der Waals surface area contributed by atoms with E-state index in [2.05, 4.69) is 0 Å². The zero-order valence-electron chi connectivity index (χ0n) is 26.0. The third kappa shape index (κ3) is 13.0. The zero-order chi connectivity index (χ0) is 32.1. The highest BCUT2D eigenvalue weighted by Crippen LogP contribution is 2.32. The molecule has 0 saturated carbocycles. The minimum atomic E-state index is -1.88. The van der Waals surface area contributed by atoms with E-state index in [0.717, 1.165) is 12.8 Å². The molecule has 238 valence electrons. The van der Waals surface area contributed by atoms with Gasteiger partial charge in [0.25, 0.3) is 0 Å². The molecule has 0 aromatic heterocycles. The largest absolute Gasteiger partial charge is 0.513 e. The molecule has 1 aromatic carbocycles. The molecule has 3 unspecified atom stereocenters. The molecule has 0 fully saturated rings. The monoisotopic (exact) mass is 597 g/mol. The number of benzene rings is 1. The molecule has 1 aromatic rings. The summed E-state index contributed by atoms with van der Waals surface area (Å²) in [4.78, 5) is 49.1. The van der Waals surface area contributed by atoms with Crippen molar-refractivity contribution in [2.45, 2.75) is 105 Å². The molecule has 0 aliphatic heterocycles.